The molecule has 5 nitrogen and oxygen atoms in total. The summed E-state index contributed by atoms with van der Waals surface area (Å²) >= 11 is 3.69. The van der Waals surface area contributed by atoms with E-state index in [1.54, 1.807) is 17.0 Å². The first-order chi connectivity index (χ1) is 19.4. The highest BCUT2D eigenvalue weighted by Crippen LogP contribution is 2.52. The quantitative estimate of drug-likeness (QED) is 0.209. The topological polar surface area (TPSA) is 59.0 Å². The molecule has 204 valence electrons. The van der Waals surface area contributed by atoms with Crippen molar-refractivity contribution in [2.75, 3.05) is 11.7 Å². The van der Waals surface area contributed by atoms with Crippen molar-refractivity contribution in [1.82, 2.24) is 0 Å². The van der Waals surface area contributed by atoms with Gasteiger partial charge in [-0.25, -0.2) is 4.39 Å². The monoisotopic (exact) mass is 601 g/mol. The number of halogens is 2. The number of amides is 1. The van der Waals surface area contributed by atoms with Gasteiger partial charge in [0.15, 0.2) is 11.5 Å². The van der Waals surface area contributed by atoms with Crippen LogP contribution in [0.15, 0.2) is 102 Å². The van der Waals surface area contributed by atoms with Crippen LogP contribution in [0.1, 0.15) is 35.6 Å². The predicted molar refractivity (Wildman–Crippen MR) is 155 cm³/mol. The average molecular weight is 603 g/mol. The van der Waals surface area contributed by atoms with Gasteiger partial charge in [0.1, 0.15) is 5.82 Å². The van der Waals surface area contributed by atoms with Gasteiger partial charge in [-0.15, -0.1) is 0 Å². The molecule has 0 radical (unpaired) electrons. The molecule has 1 N–H and O–H groups in total. The fraction of sp³-hybridized carbons (Fsp3) is 0.242. The highest BCUT2D eigenvalue weighted by molar-refractivity contribution is 9.10. The second-order valence-corrected chi connectivity index (χ2v) is 11.3. The maximum absolute atomic E-state index is 13.7. The molecular formula is C33H29BrFNO4. The third kappa shape index (κ3) is 5.23. The lowest BCUT2D eigenvalue weighted by Gasteiger charge is -2.48. The number of carbonyl (C=O) groups excluding carboxylic acids is 1. The van der Waals surface area contributed by atoms with Crippen molar-refractivity contribution >= 4 is 27.5 Å². The van der Waals surface area contributed by atoms with Gasteiger partial charge >= 0.3 is 0 Å². The smallest absolute Gasteiger partial charge is 0.233 e. The molecular weight excluding hydrogens is 573 g/mol. The van der Waals surface area contributed by atoms with Crippen LogP contribution in [-0.2, 0) is 17.6 Å². The van der Waals surface area contributed by atoms with Crippen LogP contribution in [-0.4, -0.2) is 23.4 Å². The molecule has 4 aromatic carbocycles. The van der Waals surface area contributed by atoms with Crippen LogP contribution in [0.4, 0.5) is 10.1 Å². The van der Waals surface area contributed by atoms with Crippen LogP contribution in [0.2, 0.25) is 0 Å². The first-order valence-corrected chi connectivity index (χ1v) is 14.2. The van der Waals surface area contributed by atoms with Gasteiger partial charge in [-0.2, -0.15) is 0 Å². The molecule has 0 saturated carbocycles. The highest BCUT2D eigenvalue weighted by atomic mass is 79.9. The Hall–Kier alpha value is -3.68. The summed E-state index contributed by atoms with van der Waals surface area (Å²) in [6, 6.07) is 29.4. The summed E-state index contributed by atoms with van der Waals surface area (Å²) in [7, 11) is 0. The number of rotatable bonds is 9. The summed E-state index contributed by atoms with van der Waals surface area (Å²) < 4.78 is 25.7. The Kier molecular flexibility index (Phi) is 7.34. The Morgan fingerprint density at radius 1 is 0.875 bits per heavy atom. The third-order valence-electron chi connectivity index (χ3n) is 7.82. The number of anilines is 1. The number of fused-ring (bicyclic) bond motifs is 1. The Bertz CT molecular complexity index is 1460. The van der Waals surface area contributed by atoms with Crippen LogP contribution in [0.5, 0.6) is 11.5 Å². The summed E-state index contributed by atoms with van der Waals surface area (Å²) in [6.07, 6.45) is 1.87. The molecule has 2 unspecified atom stereocenters. The van der Waals surface area contributed by atoms with Crippen LogP contribution in [0.25, 0.3) is 0 Å². The van der Waals surface area contributed by atoms with Gasteiger partial charge < -0.3 is 19.5 Å². The number of nitrogens with zero attached hydrogens (tertiary/aromatic N) is 1. The first-order valence-electron chi connectivity index (χ1n) is 13.4. The maximum atomic E-state index is 13.7. The minimum Gasteiger partial charge on any atom is -0.454 e. The molecule has 2 aliphatic rings. The SMILES string of the molecule is O=C1C(CCC(O)(Cc2ccccc2)Cc2ccccc2)C(c2ccc3c(c2Br)OCO3)N1c1ccc(F)cc1. The molecule has 0 aliphatic carbocycles. The summed E-state index contributed by atoms with van der Waals surface area (Å²) in [6.45, 7) is 0.137. The highest BCUT2D eigenvalue weighted by Gasteiger charge is 2.50. The fourth-order valence-corrected chi connectivity index (χ4v) is 6.55. The minimum absolute atomic E-state index is 0.0528. The zero-order valence-electron chi connectivity index (χ0n) is 21.8. The Balaban J connectivity index is 1.31. The van der Waals surface area contributed by atoms with Crippen molar-refractivity contribution in [3.63, 3.8) is 0 Å². The van der Waals surface area contributed by atoms with Gasteiger partial charge in [0.2, 0.25) is 12.7 Å². The predicted octanol–water partition coefficient (Wildman–Crippen LogP) is 7.02. The van der Waals surface area contributed by atoms with Gasteiger partial charge in [0.05, 0.1) is 22.0 Å². The van der Waals surface area contributed by atoms with Gasteiger partial charge in [-0.3, -0.25) is 4.79 Å². The van der Waals surface area contributed by atoms with Crippen LogP contribution in [0.3, 0.4) is 0 Å². The fourth-order valence-electron chi connectivity index (χ4n) is 5.87. The average Bonchev–Trinajstić information content (AvgIpc) is 3.44. The molecule has 2 aliphatic heterocycles. The number of β-lactam (4-membered cyclic amide) rings is 1. The summed E-state index contributed by atoms with van der Waals surface area (Å²) in [5, 5.41) is 12.0. The number of hydrogen-bond acceptors (Lipinski definition) is 4. The minimum atomic E-state index is -1.05. The summed E-state index contributed by atoms with van der Waals surface area (Å²) in [5.41, 5.74) is 2.55. The van der Waals surface area contributed by atoms with E-state index >= 15 is 0 Å². The van der Waals surface area contributed by atoms with E-state index in [0.29, 0.717) is 42.9 Å². The van der Waals surface area contributed by atoms with E-state index in [1.165, 1.54) is 12.1 Å². The molecule has 7 heteroatoms. The Morgan fingerprint density at radius 3 is 2.12 bits per heavy atom. The first kappa shape index (κ1) is 26.5. The Labute approximate surface area is 241 Å². The van der Waals surface area contributed by atoms with Gasteiger partial charge in [0.25, 0.3) is 0 Å². The van der Waals surface area contributed by atoms with Gasteiger partial charge in [-0.05, 0) is 75.8 Å². The molecule has 40 heavy (non-hydrogen) atoms. The molecule has 1 saturated heterocycles. The third-order valence-corrected chi connectivity index (χ3v) is 8.64. The Morgan fingerprint density at radius 2 is 1.50 bits per heavy atom. The second kappa shape index (κ2) is 11.1. The zero-order valence-corrected chi connectivity index (χ0v) is 23.4. The summed E-state index contributed by atoms with van der Waals surface area (Å²) in [4.78, 5) is 15.4. The van der Waals surface area contributed by atoms with Crippen molar-refractivity contribution in [2.45, 2.75) is 37.3 Å². The van der Waals surface area contributed by atoms with Crippen molar-refractivity contribution in [1.29, 1.82) is 0 Å². The number of hydrogen-bond donors (Lipinski definition) is 1. The normalized spacial score (nSPS) is 18.1. The second-order valence-electron chi connectivity index (χ2n) is 10.5. The standard InChI is InChI=1S/C33H29BrFNO4/c34-29-26(15-16-28-31(29)40-21-39-28)30-27(32(37)36(30)25-13-11-24(35)12-14-25)17-18-33(38,19-22-7-3-1-4-8-22)20-23-9-5-2-6-10-23/h1-16,27,30,38H,17-21H2. The van der Waals surface area contributed by atoms with E-state index in [2.05, 4.69) is 15.9 Å². The lowest BCUT2D eigenvalue weighted by Crippen LogP contribution is -2.56. The van der Waals surface area contributed by atoms with Crippen LogP contribution in [0, 0.1) is 11.7 Å². The molecule has 0 bridgehead atoms. The van der Waals surface area contributed by atoms with Gasteiger partial charge in [0, 0.05) is 18.5 Å². The van der Waals surface area contributed by atoms with E-state index in [1.807, 2.05) is 72.8 Å². The van der Waals surface area contributed by atoms with E-state index in [4.69, 9.17) is 9.47 Å². The molecule has 6 rings (SSSR count). The number of ether oxygens (including phenoxy) is 2. The van der Waals surface area contributed by atoms with E-state index < -0.39 is 5.60 Å². The van der Waals surface area contributed by atoms with Crippen LogP contribution < -0.4 is 14.4 Å². The molecule has 4 aromatic rings. The lowest BCUT2D eigenvalue weighted by atomic mass is 9.75. The van der Waals surface area contributed by atoms with Gasteiger partial charge in [-0.1, -0.05) is 66.7 Å². The van der Waals surface area contributed by atoms with E-state index in [-0.39, 0.29) is 30.5 Å². The zero-order chi connectivity index (χ0) is 27.7. The molecule has 2 heterocycles. The van der Waals surface area contributed by atoms with Crippen molar-refractivity contribution in [2.24, 2.45) is 5.92 Å². The van der Waals surface area contributed by atoms with Crippen molar-refractivity contribution < 1.29 is 23.8 Å². The van der Waals surface area contributed by atoms with Crippen LogP contribution >= 0.6 is 15.9 Å². The summed E-state index contributed by atoms with van der Waals surface area (Å²) in [5.74, 6) is 0.467. The molecule has 0 aromatic heterocycles. The molecule has 2 atom stereocenters. The van der Waals surface area contributed by atoms with Crippen molar-refractivity contribution in [3.8, 4) is 11.5 Å². The van der Waals surface area contributed by atoms with Crippen molar-refractivity contribution in [3.05, 3.63) is 124 Å². The lowest BCUT2D eigenvalue weighted by molar-refractivity contribution is -0.131. The number of aliphatic hydroxyl groups is 1. The van der Waals surface area contributed by atoms with E-state index in [9.17, 15) is 14.3 Å². The van der Waals surface area contributed by atoms with E-state index in [0.717, 1.165) is 21.2 Å². The molecule has 1 amide bonds. The largest absolute Gasteiger partial charge is 0.454 e. The maximum Gasteiger partial charge on any atom is 0.233 e. The molecule has 0 spiro atoms. The molecule has 1 fully saturated rings. The number of carbonyl (C=O) groups is 1. The number of benzene rings is 4.